The number of nitrogens with zero attached hydrogens (tertiary/aromatic N) is 1. The maximum atomic E-state index is 6.61. The van der Waals surface area contributed by atoms with Crippen molar-refractivity contribution in [3.05, 3.63) is 41.2 Å². The molecule has 0 bridgehead atoms. The topological polar surface area (TPSA) is 40.0 Å². The highest BCUT2D eigenvalue weighted by atomic mass is 35.5. The number of hydrogen-bond acceptors (Lipinski definition) is 4. The lowest BCUT2D eigenvalue weighted by Gasteiger charge is -2.41. The average molecular weight is 482 g/mol. The minimum absolute atomic E-state index is 0.175. The molecule has 1 aromatic rings. The zero-order valence-corrected chi connectivity index (χ0v) is 23.3. The van der Waals surface area contributed by atoms with Crippen molar-refractivity contribution in [1.82, 2.24) is 0 Å². The van der Waals surface area contributed by atoms with E-state index in [4.69, 9.17) is 25.2 Å². The predicted molar refractivity (Wildman–Crippen MR) is 138 cm³/mol. The van der Waals surface area contributed by atoms with Gasteiger partial charge in [-0.3, -0.25) is 0 Å². The molecule has 0 saturated heterocycles. The molecule has 0 amide bonds. The van der Waals surface area contributed by atoms with Gasteiger partial charge in [0.25, 0.3) is 0 Å². The molecule has 0 unspecified atom stereocenters. The van der Waals surface area contributed by atoms with Crippen LogP contribution < -0.4 is 4.74 Å². The van der Waals surface area contributed by atoms with Gasteiger partial charge in [-0.25, -0.2) is 4.99 Å². The van der Waals surface area contributed by atoms with E-state index in [0.717, 1.165) is 37.0 Å². The number of hydrogen-bond donors (Lipinski definition) is 0. The lowest BCUT2D eigenvalue weighted by atomic mass is 9.95. The quantitative estimate of drug-likeness (QED) is 0.216. The Bertz CT molecular complexity index is 789. The Labute approximate surface area is 196 Å². The first kappa shape index (κ1) is 26.2. The molecule has 7 heteroatoms. The van der Waals surface area contributed by atoms with Gasteiger partial charge in [-0.15, -0.1) is 0 Å². The van der Waals surface area contributed by atoms with Gasteiger partial charge in [0.15, 0.2) is 14.2 Å². The van der Waals surface area contributed by atoms with E-state index in [1.807, 2.05) is 18.2 Å². The van der Waals surface area contributed by atoms with Crippen LogP contribution in [0.2, 0.25) is 42.8 Å². The molecule has 1 aliphatic rings. The number of rotatable bonds is 8. The van der Waals surface area contributed by atoms with Gasteiger partial charge < -0.3 is 13.6 Å². The lowest BCUT2D eigenvalue weighted by Crippen LogP contribution is -2.45. The van der Waals surface area contributed by atoms with Crippen molar-refractivity contribution in [3.8, 4) is 5.75 Å². The summed E-state index contributed by atoms with van der Waals surface area (Å²) >= 11 is 6.22. The summed E-state index contributed by atoms with van der Waals surface area (Å²) in [6.07, 6.45) is 6.30. The van der Waals surface area contributed by atoms with Crippen LogP contribution in [0.4, 0.5) is 0 Å². The van der Waals surface area contributed by atoms with Crippen LogP contribution in [-0.4, -0.2) is 35.1 Å². The van der Waals surface area contributed by atoms with Crippen molar-refractivity contribution in [2.45, 2.75) is 96.4 Å². The molecular formula is C24H40ClNO3Si2. The summed E-state index contributed by atoms with van der Waals surface area (Å²) in [5.74, 6) is 1.22. The normalized spacial score (nSPS) is 20.7. The summed E-state index contributed by atoms with van der Waals surface area (Å²) < 4.78 is 18.8. The molecule has 0 atom stereocenters. The van der Waals surface area contributed by atoms with E-state index < -0.39 is 16.6 Å². The zero-order chi connectivity index (χ0) is 23.4. The first-order valence-corrected chi connectivity index (χ1v) is 17.9. The second-order valence-electron chi connectivity index (χ2n) is 10.9. The molecule has 0 heterocycles. The minimum Gasteiger partial charge on any atom is -0.532 e. The van der Waals surface area contributed by atoms with E-state index in [1.54, 1.807) is 6.21 Å². The molecule has 31 heavy (non-hydrogen) atoms. The Balaban J connectivity index is 1.99. The Morgan fingerprint density at radius 1 is 1.06 bits per heavy atom. The molecule has 0 spiro atoms. The van der Waals surface area contributed by atoms with Crippen molar-refractivity contribution >= 4 is 34.5 Å². The summed E-state index contributed by atoms with van der Waals surface area (Å²) in [6, 6.07) is 5.65. The first-order valence-electron chi connectivity index (χ1n) is 11.2. The van der Waals surface area contributed by atoms with Crippen LogP contribution in [0.5, 0.6) is 5.75 Å². The van der Waals surface area contributed by atoms with Crippen molar-refractivity contribution in [1.29, 1.82) is 0 Å². The summed E-state index contributed by atoms with van der Waals surface area (Å²) in [4.78, 5) is 4.39. The van der Waals surface area contributed by atoms with Crippen LogP contribution in [0.15, 0.2) is 35.7 Å². The fourth-order valence-corrected chi connectivity index (χ4v) is 5.65. The summed E-state index contributed by atoms with van der Waals surface area (Å²) in [7, 11) is -3.47. The Morgan fingerprint density at radius 3 is 2.19 bits per heavy atom. The van der Waals surface area contributed by atoms with Crippen LogP contribution in [0, 0.1) is 0 Å². The SMILES string of the molecule is C=C(N=Cc1cc(Cl)ccc1OC1CCC(O[Si](C)(C)C(C)(C)C)CC1)O[Si](C)(C)C. The van der Waals surface area contributed by atoms with E-state index in [0.29, 0.717) is 17.0 Å². The molecule has 1 aromatic carbocycles. The number of halogens is 1. The smallest absolute Gasteiger partial charge is 0.244 e. The molecule has 0 aliphatic heterocycles. The summed E-state index contributed by atoms with van der Waals surface area (Å²) in [5, 5.41) is 0.887. The van der Waals surface area contributed by atoms with Crippen molar-refractivity contribution in [3.63, 3.8) is 0 Å². The first-order chi connectivity index (χ1) is 14.2. The monoisotopic (exact) mass is 481 g/mol. The molecule has 4 nitrogen and oxygen atoms in total. The van der Waals surface area contributed by atoms with Crippen LogP contribution >= 0.6 is 11.6 Å². The molecule has 0 radical (unpaired) electrons. The van der Waals surface area contributed by atoms with Crippen LogP contribution in [0.25, 0.3) is 0 Å². The largest absolute Gasteiger partial charge is 0.532 e. The molecule has 0 aromatic heterocycles. The fraction of sp³-hybridized carbons (Fsp3) is 0.625. The number of aliphatic imine (C=N–C) groups is 1. The molecule has 0 N–H and O–H groups in total. The highest BCUT2D eigenvalue weighted by Gasteiger charge is 2.40. The van der Waals surface area contributed by atoms with Gasteiger partial charge in [0.1, 0.15) is 5.75 Å². The van der Waals surface area contributed by atoms with Gasteiger partial charge in [0.2, 0.25) is 8.32 Å². The highest BCUT2D eigenvalue weighted by molar-refractivity contribution is 6.74. The minimum atomic E-state index is -1.73. The third kappa shape index (κ3) is 8.41. The van der Waals surface area contributed by atoms with Gasteiger partial charge in [-0.2, -0.15) is 0 Å². The molecular weight excluding hydrogens is 442 g/mol. The Hall–Kier alpha value is -1.09. The molecule has 174 valence electrons. The van der Waals surface area contributed by atoms with Gasteiger partial charge in [0.05, 0.1) is 6.10 Å². The third-order valence-electron chi connectivity index (χ3n) is 5.93. The van der Waals surface area contributed by atoms with E-state index in [-0.39, 0.29) is 11.1 Å². The van der Waals surface area contributed by atoms with Gasteiger partial charge >= 0.3 is 0 Å². The van der Waals surface area contributed by atoms with Crippen molar-refractivity contribution in [2.24, 2.45) is 4.99 Å². The number of benzene rings is 1. The number of ether oxygens (including phenoxy) is 1. The summed E-state index contributed by atoms with van der Waals surface area (Å²) in [6.45, 7) is 21.8. The van der Waals surface area contributed by atoms with Gasteiger partial charge in [0, 0.05) is 22.9 Å². The molecule has 1 saturated carbocycles. The van der Waals surface area contributed by atoms with E-state index in [1.165, 1.54) is 0 Å². The lowest BCUT2D eigenvalue weighted by molar-refractivity contribution is 0.0725. The maximum absolute atomic E-state index is 6.61. The van der Waals surface area contributed by atoms with E-state index in [2.05, 4.69) is 65.1 Å². The van der Waals surface area contributed by atoms with E-state index in [9.17, 15) is 0 Å². The average Bonchev–Trinajstić information content (AvgIpc) is 2.61. The molecule has 1 aliphatic carbocycles. The van der Waals surface area contributed by atoms with Crippen molar-refractivity contribution in [2.75, 3.05) is 0 Å². The maximum Gasteiger partial charge on any atom is 0.244 e. The van der Waals surface area contributed by atoms with Crippen LogP contribution in [0.3, 0.4) is 0 Å². The fourth-order valence-electron chi connectivity index (χ4n) is 3.29. The van der Waals surface area contributed by atoms with E-state index >= 15 is 0 Å². The predicted octanol–water partition coefficient (Wildman–Crippen LogP) is 7.79. The van der Waals surface area contributed by atoms with Crippen LogP contribution in [-0.2, 0) is 8.85 Å². The molecule has 1 fully saturated rings. The summed E-state index contributed by atoms with van der Waals surface area (Å²) in [5.41, 5.74) is 0.840. The Morgan fingerprint density at radius 2 is 1.65 bits per heavy atom. The van der Waals surface area contributed by atoms with Crippen molar-refractivity contribution < 1.29 is 13.6 Å². The standard InChI is InChI=1S/C24H40ClNO3Si2/c1-18(28-30(5,6)7)26-17-19-16-20(25)10-15-23(19)27-21-11-13-22(14-12-21)29-31(8,9)24(2,3)4/h10,15-17,21-22H,1,11-14H2,2-9H3. The van der Waals surface area contributed by atoms with Gasteiger partial charge in [-0.05, 0) is 88.2 Å². The van der Waals surface area contributed by atoms with Gasteiger partial charge in [-0.1, -0.05) is 32.4 Å². The zero-order valence-electron chi connectivity index (χ0n) is 20.5. The third-order valence-corrected chi connectivity index (χ3v) is 11.5. The second kappa shape index (κ2) is 10.2. The second-order valence-corrected chi connectivity index (χ2v) is 20.6. The highest BCUT2D eigenvalue weighted by Crippen LogP contribution is 2.39. The molecule has 2 rings (SSSR count). The Kier molecular flexibility index (Phi) is 8.64. The van der Waals surface area contributed by atoms with Crippen LogP contribution in [0.1, 0.15) is 52.0 Å².